The summed E-state index contributed by atoms with van der Waals surface area (Å²) < 4.78 is 6.39. The zero-order chi connectivity index (χ0) is 31.7. The van der Waals surface area contributed by atoms with Gasteiger partial charge >= 0.3 is 0 Å². The van der Waals surface area contributed by atoms with E-state index < -0.39 is 6.04 Å². The summed E-state index contributed by atoms with van der Waals surface area (Å²) in [6.45, 7) is 6.33. The number of carbonyl (C=O) groups excluding carboxylic acids is 1. The highest BCUT2D eigenvalue weighted by atomic mass is 35.5. The fraction of sp³-hybridized carbons (Fsp3) is 0.371. The molecule has 6 rings (SSSR count). The van der Waals surface area contributed by atoms with Crippen LogP contribution in [0.2, 0.25) is 5.02 Å². The van der Waals surface area contributed by atoms with Crippen LogP contribution in [0.1, 0.15) is 24.8 Å². The van der Waals surface area contributed by atoms with E-state index in [4.69, 9.17) is 32.9 Å². The molecule has 0 saturated carbocycles. The SMILES string of the molecule is C=CC(=O)N1CCN(C2=C(C#N)C(OC[C@@H]3CCCN3C)=NC3C=C(c4cccc5cccc(Cl)c45)C(Cl)=CC23)C[C@@H]1CC#N. The van der Waals surface area contributed by atoms with E-state index in [1.807, 2.05) is 42.5 Å². The van der Waals surface area contributed by atoms with Gasteiger partial charge in [0.1, 0.15) is 18.2 Å². The van der Waals surface area contributed by atoms with Gasteiger partial charge in [0.2, 0.25) is 11.8 Å². The first-order valence-electron chi connectivity index (χ1n) is 15.2. The van der Waals surface area contributed by atoms with Crippen molar-refractivity contribution < 1.29 is 9.53 Å². The van der Waals surface area contributed by atoms with E-state index in [1.165, 1.54) is 6.08 Å². The molecule has 2 unspecified atom stereocenters. The molecular weight excluding hydrogens is 607 g/mol. The second kappa shape index (κ2) is 13.1. The van der Waals surface area contributed by atoms with Crippen LogP contribution in [0.3, 0.4) is 0 Å². The summed E-state index contributed by atoms with van der Waals surface area (Å²) >= 11 is 13.8. The summed E-state index contributed by atoms with van der Waals surface area (Å²) in [6, 6.07) is 15.9. The van der Waals surface area contributed by atoms with Crippen molar-refractivity contribution in [2.24, 2.45) is 10.9 Å². The number of dihydropyridines is 1. The average molecular weight is 642 g/mol. The molecule has 1 aliphatic carbocycles. The molecule has 0 N–H and O–H groups in total. The van der Waals surface area contributed by atoms with E-state index >= 15 is 0 Å². The molecule has 4 atom stereocenters. The van der Waals surface area contributed by atoms with Crippen molar-refractivity contribution in [1.29, 1.82) is 10.5 Å². The average Bonchev–Trinajstić information content (AvgIpc) is 3.46. The lowest BCUT2D eigenvalue weighted by molar-refractivity contribution is -0.130. The molecule has 2 saturated heterocycles. The molecule has 2 fully saturated rings. The number of hydrogen-bond donors (Lipinski definition) is 0. The van der Waals surface area contributed by atoms with Gasteiger partial charge < -0.3 is 19.4 Å². The minimum Gasteiger partial charge on any atom is -0.475 e. The number of aliphatic imine (C=N–C) groups is 1. The van der Waals surface area contributed by atoms with E-state index in [-0.39, 0.29) is 30.3 Å². The molecule has 10 heteroatoms. The number of piperazine rings is 1. The fourth-order valence-electron chi connectivity index (χ4n) is 6.98. The number of hydrogen-bond acceptors (Lipinski definition) is 7. The molecule has 2 aromatic carbocycles. The number of likely N-dealkylation sites (tertiary alicyclic amines) is 1. The number of likely N-dealkylation sites (N-methyl/N-ethyl adjacent to an activating group) is 1. The molecule has 230 valence electrons. The van der Waals surface area contributed by atoms with Crippen molar-refractivity contribution in [3.05, 3.63) is 88.1 Å². The number of amides is 1. The number of fused-ring (bicyclic) bond motifs is 2. The van der Waals surface area contributed by atoms with Crippen LogP contribution in [0.25, 0.3) is 16.3 Å². The molecule has 0 bridgehead atoms. The largest absolute Gasteiger partial charge is 0.475 e. The molecular formula is C35H34Cl2N6O2. The van der Waals surface area contributed by atoms with E-state index in [9.17, 15) is 15.3 Å². The maximum atomic E-state index is 12.6. The Morgan fingerprint density at radius 3 is 2.64 bits per heavy atom. The highest BCUT2D eigenvalue weighted by molar-refractivity contribution is 6.39. The maximum absolute atomic E-state index is 12.6. The summed E-state index contributed by atoms with van der Waals surface area (Å²) in [5.41, 5.74) is 2.84. The summed E-state index contributed by atoms with van der Waals surface area (Å²) in [6.07, 6.45) is 7.58. The molecule has 0 spiro atoms. The Morgan fingerprint density at radius 2 is 1.93 bits per heavy atom. The number of ether oxygens (including phenoxy) is 1. The number of benzene rings is 2. The zero-order valence-corrected chi connectivity index (χ0v) is 26.6. The Hall–Kier alpha value is -4.08. The predicted molar refractivity (Wildman–Crippen MR) is 177 cm³/mol. The number of nitriles is 2. The lowest BCUT2D eigenvalue weighted by Gasteiger charge is -2.45. The third-order valence-electron chi connectivity index (χ3n) is 9.29. The monoisotopic (exact) mass is 640 g/mol. The Morgan fingerprint density at radius 1 is 1.13 bits per heavy atom. The number of allylic oxidation sites excluding steroid dienone is 2. The van der Waals surface area contributed by atoms with Gasteiger partial charge in [-0.15, -0.1) is 0 Å². The summed E-state index contributed by atoms with van der Waals surface area (Å²) in [5.74, 6) is -0.236. The molecule has 8 nitrogen and oxygen atoms in total. The molecule has 2 aromatic rings. The van der Waals surface area contributed by atoms with Crippen LogP contribution in [0.4, 0.5) is 0 Å². The smallest absolute Gasteiger partial charge is 0.246 e. The third-order valence-corrected chi connectivity index (χ3v) is 9.93. The normalized spacial score (nSPS) is 25.1. The van der Waals surface area contributed by atoms with Gasteiger partial charge in [0.05, 0.1) is 24.6 Å². The molecule has 45 heavy (non-hydrogen) atoms. The predicted octanol–water partition coefficient (Wildman–Crippen LogP) is 5.91. The van der Waals surface area contributed by atoms with Gasteiger partial charge in [-0.1, -0.05) is 66.2 Å². The lowest BCUT2D eigenvalue weighted by Crippen LogP contribution is -2.55. The summed E-state index contributed by atoms with van der Waals surface area (Å²) in [4.78, 5) is 23.7. The van der Waals surface area contributed by atoms with Crippen LogP contribution in [0.15, 0.2) is 82.5 Å². The van der Waals surface area contributed by atoms with Gasteiger partial charge in [-0.05, 0) is 61.2 Å². The first-order chi connectivity index (χ1) is 21.8. The van der Waals surface area contributed by atoms with Crippen LogP contribution in [0.5, 0.6) is 0 Å². The van der Waals surface area contributed by atoms with Crippen molar-refractivity contribution in [2.75, 3.05) is 39.8 Å². The maximum Gasteiger partial charge on any atom is 0.246 e. The van der Waals surface area contributed by atoms with Gasteiger partial charge in [0, 0.05) is 52.7 Å². The molecule has 4 aliphatic rings. The number of carbonyl (C=O) groups is 1. The van der Waals surface area contributed by atoms with Gasteiger partial charge in [-0.2, -0.15) is 10.5 Å². The second-order valence-electron chi connectivity index (χ2n) is 11.8. The lowest BCUT2D eigenvalue weighted by atomic mass is 9.82. The quantitative estimate of drug-likeness (QED) is 0.364. The Kier molecular flexibility index (Phi) is 9.01. The van der Waals surface area contributed by atoms with Crippen LogP contribution < -0.4 is 0 Å². The number of rotatable bonds is 6. The molecule has 0 radical (unpaired) electrons. The third kappa shape index (κ3) is 5.87. The van der Waals surface area contributed by atoms with E-state index in [0.29, 0.717) is 47.8 Å². The zero-order valence-electron chi connectivity index (χ0n) is 25.1. The van der Waals surface area contributed by atoms with Crippen molar-refractivity contribution >= 4 is 51.4 Å². The van der Waals surface area contributed by atoms with Gasteiger partial charge in [-0.25, -0.2) is 4.99 Å². The van der Waals surface area contributed by atoms with Crippen molar-refractivity contribution in [1.82, 2.24) is 14.7 Å². The van der Waals surface area contributed by atoms with E-state index in [0.717, 1.165) is 47.0 Å². The highest BCUT2D eigenvalue weighted by Crippen LogP contribution is 2.44. The second-order valence-corrected chi connectivity index (χ2v) is 12.7. The molecule has 1 amide bonds. The van der Waals surface area contributed by atoms with Crippen LogP contribution in [-0.2, 0) is 9.53 Å². The van der Waals surface area contributed by atoms with Crippen molar-refractivity contribution in [3.63, 3.8) is 0 Å². The van der Waals surface area contributed by atoms with Crippen molar-refractivity contribution in [3.8, 4) is 12.1 Å². The number of halogens is 2. The standard InChI is InChI=1S/C35H34Cl2N6O2/c1-3-32(44)43-16-15-42(20-23(43)12-13-38)34-27-17-30(37)26(25-10-4-7-22-8-5-11-29(36)33(22)25)18-31(27)40-35(28(34)19-39)45-21-24-9-6-14-41(24)2/h3-5,7-8,10-11,17-18,23-24,27,31H,1,6,9,12,14-16,20-21H2,2H3/t23-,24-,27?,31?/m0/s1. The first kappa shape index (κ1) is 30.9. The first-order valence-corrected chi connectivity index (χ1v) is 16.0. The molecule has 0 aromatic heterocycles. The fourth-order valence-corrected chi connectivity index (χ4v) is 7.57. The Balaban J connectivity index is 1.42. The van der Waals surface area contributed by atoms with Gasteiger partial charge in [0.25, 0.3) is 0 Å². The minimum atomic E-state index is -0.397. The Labute approximate surface area is 273 Å². The van der Waals surface area contributed by atoms with Crippen molar-refractivity contribution in [2.45, 2.75) is 37.4 Å². The van der Waals surface area contributed by atoms with Crippen LogP contribution in [-0.4, -0.2) is 84.5 Å². The van der Waals surface area contributed by atoms with Crippen LogP contribution in [0, 0.1) is 28.6 Å². The summed E-state index contributed by atoms with van der Waals surface area (Å²) in [7, 11) is 2.09. The molecule has 3 heterocycles. The topological polar surface area (TPSA) is 96.0 Å². The number of nitrogens with zero attached hydrogens (tertiary/aromatic N) is 6. The minimum absolute atomic E-state index is 0.160. The van der Waals surface area contributed by atoms with Crippen LogP contribution >= 0.6 is 23.2 Å². The highest BCUT2D eigenvalue weighted by Gasteiger charge is 2.41. The summed E-state index contributed by atoms with van der Waals surface area (Å²) in [5, 5.41) is 23.3. The Bertz CT molecular complexity index is 1740. The van der Waals surface area contributed by atoms with Gasteiger partial charge in [0.15, 0.2) is 0 Å². The molecule has 3 aliphatic heterocycles. The van der Waals surface area contributed by atoms with Gasteiger partial charge in [-0.3, -0.25) is 4.79 Å². The van der Waals surface area contributed by atoms with E-state index in [2.05, 4.69) is 41.6 Å². The van der Waals surface area contributed by atoms with E-state index in [1.54, 1.807) is 4.90 Å².